The van der Waals surface area contributed by atoms with E-state index in [1.165, 1.54) is 0 Å². The van der Waals surface area contributed by atoms with Crippen molar-refractivity contribution in [2.45, 2.75) is 47.2 Å². The molecule has 31 heavy (non-hydrogen) atoms. The molecule has 0 N–H and O–H groups in total. The third kappa shape index (κ3) is 3.81. The van der Waals surface area contributed by atoms with E-state index in [0.717, 1.165) is 5.56 Å². The van der Waals surface area contributed by atoms with E-state index in [1.807, 2.05) is 56.0 Å². The van der Waals surface area contributed by atoms with E-state index >= 15 is 0 Å². The average molecular weight is 430 g/mol. The average Bonchev–Trinajstić information content (AvgIpc) is 3.03. The van der Waals surface area contributed by atoms with Crippen LogP contribution < -0.4 is 9.47 Å². The number of allylic oxidation sites excluding steroid dienone is 1. The van der Waals surface area contributed by atoms with E-state index < -0.39 is 5.41 Å². The van der Waals surface area contributed by atoms with Crippen molar-refractivity contribution in [1.29, 1.82) is 0 Å². The van der Waals surface area contributed by atoms with Crippen LogP contribution in [0, 0.1) is 29.1 Å². The van der Waals surface area contributed by atoms with Crippen LogP contribution in [0.5, 0.6) is 11.5 Å². The number of esters is 1. The highest BCUT2D eigenvalue weighted by molar-refractivity contribution is 5.88. The van der Waals surface area contributed by atoms with Gasteiger partial charge in [-0.15, -0.1) is 0 Å². The Bertz CT molecular complexity index is 863. The van der Waals surface area contributed by atoms with Gasteiger partial charge < -0.3 is 19.1 Å². The fourth-order valence-electron chi connectivity index (χ4n) is 5.35. The Morgan fingerprint density at radius 1 is 1.19 bits per heavy atom. The van der Waals surface area contributed by atoms with E-state index in [9.17, 15) is 9.59 Å². The van der Waals surface area contributed by atoms with Crippen LogP contribution in [0.1, 0.15) is 40.2 Å². The lowest BCUT2D eigenvalue weighted by atomic mass is 9.58. The Balaban J connectivity index is 2.04. The highest BCUT2D eigenvalue weighted by Crippen LogP contribution is 2.54. The fourth-order valence-corrected chi connectivity index (χ4v) is 5.35. The first-order chi connectivity index (χ1) is 14.7. The molecule has 0 saturated carbocycles. The van der Waals surface area contributed by atoms with Gasteiger partial charge in [-0.3, -0.25) is 9.59 Å². The summed E-state index contributed by atoms with van der Waals surface area (Å²) in [5.41, 5.74) is 0.148. The predicted molar refractivity (Wildman–Crippen MR) is 119 cm³/mol. The lowest BCUT2D eigenvalue weighted by molar-refractivity contribution is -0.163. The van der Waals surface area contributed by atoms with Crippen LogP contribution in [0.15, 0.2) is 30.4 Å². The molecule has 1 heterocycles. The molecule has 170 valence electrons. The summed E-state index contributed by atoms with van der Waals surface area (Å²) in [5.74, 6) is 0.901. The number of amides is 1. The number of ether oxygens (including phenoxy) is 3. The lowest BCUT2D eigenvalue weighted by Gasteiger charge is -2.45. The Morgan fingerprint density at radius 2 is 1.90 bits per heavy atom. The fraction of sp³-hybridized carbons (Fsp3) is 0.600. The van der Waals surface area contributed by atoms with Crippen molar-refractivity contribution in [3.05, 3.63) is 35.9 Å². The molecule has 1 aromatic rings. The first-order valence-electron chi connectivity index (χ1n) is 11.1. The molecular formula is C25H35NO5. The van der Waals surface area contributed by atoms with E-state index in [2.05, 4.69) is 13.8 Å². The molecule has 1 aliphatic heterocycles. The molecule has 6 nitrogen and oxygen atoms in total. The molecule has 0 bridgehead atoms. The van der Waals surface area contributed by atoms with Gasteiger partial charge in [-0.05, 0) is 37.8 Å². The molecule has 1 amide bonds. The standard InChI is InChI=1S/C25H35NO5/c1-8-31-24(28)25(5)16(4)9-12-19-21(25)22(15(2)3)26(23(19)27)14-17-10-11-18(29-6)13-20(17)30-7/h9-13,15-16,19,21-22H,8,14H2,1-7H3/t16-,19+,21+,22-,25-/m0/s1. The first-order valence-corrected chi connectivity index (χ1v) is 11.1. The van der Waals surface area contributed by atoms with Crippen molar-refractivity contribution >= 4 is 11.9 Å². The molecular weight excluding hydrogens is 394 g/mol. The molecule has 5 atom stereocenters. The molecule has 0 spiro atoms. The van der Waals surface area contributed by atoms with Crippen LogP contribution in [0.2, 0.25) is 0 Å². The number of fused-ring (bicyclic) bond motifs is 1. The Kier molecular flexibility index (Phi) is 6.68. The maximum Gasteiger partial charge on any atom is 0.312 e. The van der Waals surface area contributed by atoms with Crippen LogP contribution >= 0.6 is 0 Å². The number of rotatable bonds is 7. The molecule has 2 aliphatic rings. The number of nitrogens with zero attached hydrogens (tertiary/aromatic N) is 1. The summed E-state index contributed by atoms with van der Waals surface area (Å²) in [5, 5.41) is 0. The van der Waals surface area contributed by atoms with E-state index in [1.54, 1.807) is 14.2 Å². The van der Waals surface area contributed by atoms with Crippen molar-refractivity contribution in [3.63, 3.8) is 0 Å². The summed E-state index contributed by atoms with van der Waals surface area (Å²) in [4.78, 5) is 28.7. The zero-order valence-electron chi connectivity index (χ0n) is 19.7. The van der Waals surface area contributed by atoms with Gasteiger partial charge in [0.2, 0.25) is 5.91 Å². The van der Waals surface area contributed by atoms with Crippen LogP contribution in [0.3, 0.4) is 0 Å². The summed E-state index contributed by atoms with van der Waals surface area (Å²) < 4.78 is 16.4. The quantitative estimate of drug-likeness (QED) is 0.483. The van der Waals surface area contributed by atoms with Crippen molar-refractivity contribution in [2.75, 3.05) is 20.8 Å². The minimum absolute atomic E-state index is 0.0164. The molecule has 6 heteroatoms. The molecule has 1 saturated heterocycles. The molecule has 3 rings (SSSR count). The van der Waals surface area contributed by atoms with Gasteiger partial charge in [0.25, 0.3) is 0 Å². The number of carbonyl (C=O) groups excluding carboxylic acids is 2. The van der Waals surface area contributed by atoms with E-state index in [0.29, 0.717) is 24.7 Å². The van der Waals surface area contributed by atoms with Crippen molar-refractivity contribution in [1.82, 2.24) is 4.90 Å². The zero-order chi connectivity index (χ0) is 22.9. The summed E-state index contributed by atoms with van der Waals surface area (Å²) >= 11 is 0. The largest absolute Gasteiger partial charge is 0.497 e. The normalized spacial score (nSPS) is 29.8. The van der Waals surface area contributed by atoms with Gasteiger partial charge >= 0.3 is 5.97 Å². The van der Waals surface area contributed by atoms with Gasteiger partial charge in [-0.1, -0.05) is 32.9 Å². The van der Waals surface area contributed by atoms with Crippen molar-refractivity contribution in [3.8, 4) is 11.5 Å². The maximum atomic E-state index is 13.6. The van der Waals surface area contributed by atoms with Gasteiger partial charge in [0.05, 0.1) is 32.2 Å². The monoisotopic (exact) mass is 429 g/mol. The molecule has 1 fully saturated rings. The molecule has 0 radical (unpaired) electrons. The van der Waals surface area contributed by atoms with Gasteiger partial charge in [0, 0.05) is 30.1 Å². The first kappa shape index (κ1) is 23.2. The van der Waals surface area contributed by atoms with Crippen molar-refractivity contribution < 1.29 is 23.8 Å². The van der Waals surface area contributed by atoms with Gasteiger partial charge in [-0.2, -0.15) is 0 Å². The smallest absolute Gasteiger partial charge is 0.312 e. The Morgan fingerprint density at radius 3 is 2.48 bits per heavy atom. The minimum Gasteiger partial charge on any atom is -0.497 e. The zero-order valence-corrected chi connectivity index (χ0v) is 19.7. The number of methoxy groups -OCH3 is 2. The van der Waals surface area contributed by atoms with Crippen molar-refractivity contribution in [2.24, 2.45) is 29.1 Å². The Labute approximate surface area is 185 Å². The minimum atomic E-state index is -0.765. The number of hydrogen-bond donors (Lipinski definition) is 0. The van der Waals surface area contributed by atoms with Crippen LogP contribution in [-0.2, 0) is 20.9 Å². The summed E-state index contributed by atoms with van der Waals surface area (Å²) in [6.07, 6.45) is 4.00. The topological polar surface area (TPSA) is 65.1 Å². The summed E-state index contributed by atoms with van der Waals surface area (Å²) in [6.45, 7) is 10.8. The number of carbonyl (C=O) groups is 2. The van der Waals surface area contributed by atoms with Crippen LogP contribution in [-0.4, -0.2) is 43.6 Å². The number of benzene rings is 1. The summed E-state index contributed by atoms with van der Waals surface area (Å²) in [7, 11) is 3.23. The van der Waals surface area contributed by atoms with Gasteiger partial charge in [0.15, 0.2) is 0 Å². The number of hydrogen-bond acceptors (Lipinski definition) is 5. The van der Waals surface area contributed by atoms with Crippen LogP contribution in [0.4, 0.5) is 0 Å². The van der Waals surface area contributed by atoms with E-state index in [4.69, 9.17) is 14.2 Å². The highest BCUT2D eigenvalue weighted by atomic mass is 16.5. The highest BCUT2D eigenvalue weighted by Gasteiger charge is 2.61. The second-order valence-electron chi connectivity index (χ2n) is 9.11. The molecule has 1 aromatic carbocycles. The van der Waals surface area contributed by atoms with Gasteiger partial charge in [-0.25, -0.2) is 0 Å². The Hall–Kier alpha value is -2.50. The molecule has 1 aliphatic carbocycles. The van der Waals surface area contributed by atoms with Crippen LogP contribution in [0.25, 0.3) is 0 Å². The van der Waals surface area contributed by atoms with Gasteiger partial charge in [0.1, 0.15) is 11.5 Å². The molecule has 0 aromatic heterocycles. The third-order valence-corrected chi connectivity index (χ3v) is 7.16. The maximum absolute atomic E-state index is 13.6. The molecule has 0 unspecified atom stereocenters. The predicted octanol–water partition coefficient (Wildman–Crippen LogP) is 4.08. The summed E-state index contributed by atoms with van der Waals surface area (Å²) in [6, 6.07) is 5.55. The second kappa shape index (κ2) is 8.93. The lowest BCUT2D eigenvalue weighted by Crippen LogP contribution is -2.52. The number of likely N-dealkylation sites (tertiary alicyclic amines) is 1. The van der Waals surface area contributed by atoms with E-state index in [-0.39, 0.29) is 41.6 Å². The SMILES string of the molecule is CCOC(=O)[C@]1(C)[C@@H]2[C@@H](C=C[C@@H]1C)C(=O)N(Cc1ccc(OC)cc1OC)[C@H]2C(C)C. The second-order valence-corrected chi connectivity index (χ2v) is 9.11. The third-order valence-electron chi connectivity index (χ3n) is 7.16.